The molecule has 1 atom stereocenters. The molecular formula is C24H23ClN2O5. The highest BCUT2D eigenvalue weighted by Gasteiger charge is 2.44. The lowest BCUT2D eigenvalue weighted by Crippen LogP contribution is -2.43. The standard InChI is InChI=1S/C24H23ClN2O5/c1-24(2)12-20-23(21(28)13-24)17(14-5-4-6-16(9-14)32-3)11-22(29)26(20)15-7-8-18(25)19(10-15)27(30)31/h4-10,17H,11-13H2,1-3H3. The fraction of sp³-hybridized carbons (Fsp3) is 0.333. The number of anilines is 1. The zero-order valence-corrected chi connectivity index (χ0v) is 18.8. The van der Waals surface area contributed by atoms with Gasteiger partial charge in [-0.1, -0.05) is 37.6 Å². The Kier molecular flexibility index (Phi) is 5.54. The highest BCUT2D eigenvalue weighted by molar-refractivity contribution is 6.32. The van der Waals surface area contributed by atoms with Crippen molar-refractivity contribution in [3.05, 3.63) is 74.4 Å². The lowest BCUT2D eigenvalue weighted by molar-refractivity contribution is -0.384. The average Bonchev–Trinajstić information content (AvgIpc) is 2.72. The molecule has 0 radical (unpaired) electrons. The first kappa shape index (κ1) is 22.0. The molecule has 1 amide bonds. The molecule has 166 valence electrons. The zero-order chi connectivity index (χ0) is 23.2. The fourth-order valence-corrected chi connectivity index (χ4v) is 4.82. The summed E-state index contributed by atoms with van der Waals surface area (Å²) in [6, 6.07) is 11.7. The summed E-state index contributed by atoms with van der Waals surface area (Å²) in [4.78, 5) is 39.1. The van der Waals surface area contributed by atoms with Crippen LogP contribution in [0.5, 0.6) is 5.75 Å². The maximum Gasteiger partial charge on any atom is 0.289 e. The van der Waals surface area contributed by atoms with Gasteiger partial charge in [-0.2, -0.15) is 0 Å². The van der Waals surface area contributed by atoms with Gasteiger partial charge in [0.15, 0.2) is 5.78 Å². The Balaban J connectivity index is 1.91. The van der Waals surface area contributed by atoms with E-state index in [0.29, 0.717) is 35.5 Å². The van der Waals surface area contributed by atoms with Crippen LogP contribution in [0.25, 0.3) is 0 Å². The van der Waals surface area contributed by atoms with Crippen LogP contribution < -0.4 is 9.64 Å². The largest absolute Gasteiger partial charge is 0.497 e. The Labute approximate surface area is 190 Å². The summed E-state index contributed by atoms with van der Waals surface area (Å²) in [7, 11) is 1.57. The van der Waals surface area contributed by atoms with E-state index in [-0.39, 0.29) is 34.2 Å². The number of hydrogen-bond acceptors (Lipinski definition) is 5. The number of hydrogen-bond donors (Lipinski definition) is 0. The second kappa shape index (κ2) is 8.06. The number of ketones is 1. The van der Waals surface area contributed by atoms with Crippen LogP contribution in [-0.2, 0) is 9.59 Å². The lowest BCUT2D eigenvalue weighted by Gasteiger charge is -2.43. The molecule has 0 saturated heterocycles. The van der Waals surface area contributed by atoms with Crippen molar-refractivity contribution in [3.63, 3.8) is 0 Å². The topological polar surface area (TPSA) is 89.8 Å². The Morgan fingerprint density at radius 2 is 1.91 bits per heavy atom. The third-order valence-corrected chi connectivity index (χ3v) is 6.34. The van der Waals surface area contributed by atoms with Crippen LogP contribution in [0.3, 0.4) is 0 Å². The van der Waals surface area contributed by atoms with Crippen molar-refractivity contribution in [1.82, 2.24) is 0 Å². The van der Waals surface area contributed by atoms with Crippen LogP contribution in [0, 0.1) is 15.5 Å². The predicted molar refractivity (Wildman–Crippen MR) is 121 cm³/mol. The van der Waals surface area contributed by atoms with Gasteiger partial charge in [-0.25, -0.2) is 0 Å². The third-order valence-electron chi connectivity index (χ3n) is 6.02. The monoisotopic (exact) mass is 454 g/mol. The van der Waals surface area contributed by atoms with Crippen LogP contribution in [0.1, 0.15) is 44.6 Å². The second-order valence-electron chi connectivity index (χ2n) is 8.96. The van der Waals surface area contributed by atoms with Gasteiger partial charge < -0.3 is 4.74 Å². The maximum absolute atomic E-state index is 13.4. The highest BCUT2D eigenvalue weighted by Crippen LogP contribution is 2.49. The molecule has 1 aliphatic carbocycles. The summed E-state index contributed by atoms with van der Waals surface area (Å²) in [5, 5.41) is 11.4. The quantitative estimate of drug-likeness (QED) is 0.454. The predicted octanol–water partition coefficient (Wildman–Crippen LogP) is 5.42. The van der Waals surface area contributed by atoms with Gasteiger partial charge in [0.1, 0.15) is 10.8 Å². The van der Waals surface area contributed by atoms with Crippen molar-refractivity contribution in [2.75, 3.05) is 12.0 Å². The summed E-state index contributed by atoms with van der Waals surface area (Å²) in [6.45, 7) is 3.97. The number of ether oxygens (including phenoxy) is 1. The van der Waals surface area contributed by atoms with Gasteiger partial charge in [0.05, 0.1) is 17.7 Å². The number of methoxy groups -OCH3 is 1. The van der Waals surface area contributed by atoms with Crippen molar-refractivity contribution in [2.45, 2.75) is 39.0 Å². The number of carbonyl (C=O) groups excluding carboxylic acids is 2. The minimum atomic E-state index is -0.579. The molecule has 2 aromatic carbocycles. The Morgan fingerprint density at radius 1 is 1.16 bits per heavy atom. The molecule has 4 rings (SSSR count). The number of halogens is 1. The normalized spacial score (nSPS) is 20.2. The molecule has 0 spiro atoms. The second-order valence-corrected chi connectivity index (χ2v) is 9.36. The molecule has 0 N–H and O–H groups in total. The van der Waals surface area contributed by atoms with Crippen molar-refractivity contribution >= 4 is 34.7 Å². The fourth-order valence-electron chi connectivity index (χ4n) is 4.64. The van der Waals surface area contributed by atoms with Gasteiger partial charge in [-0.3, -0.25) is 24.6 Å². The zero-order valence-electron chi connectivity index (χ0n) is 18.1. The van der Waals surface area contributed by atoms with Crippen LogP contribution in [-0.4, -0.2) is 23.7 Å². The number of nitrogens with zero attached hydrogens (tertiary/aromatic N) is 2. The van der Waals surface area contributed by atoms with Crippen molar-refractivity contribution in [1.29, 1.82) is 0 Å². The maximum atomic E-state index is 13.4. The van der Waals surface area contributed by atoms with Crippen LogP contribution in [0.15, 0.2) is 53.7 Å². The first-order chi connectivity index (χ1) is 15.1. The smallest absolute Gasteiger partial charge is 0.289 e. The number of Topliss-reactive ketones (excluding diaryl/α,β-unsaturated/α-hetero) is 1. The Morgan fingerprint density at radius 3 is 2.59 bits per heavy atom. The number of benzene rings is 2. The highest BCUT2D eigenvalue weighted by atomic mass is 35.5. The first-order valence-corrected chi connectivity index (χ1v) is 10.7. The van der Waals surface area contributed by atoms with Gasteiger partial charge in [-0.15, -0.1) is 0 Å². The molecule has 8 heteroatoms. The molecule has 0 fully saturated rings. The number of allylic oxidation sites excluding steroid dienone is 2. The third kappa shape index (κ3) is 3.88. The van der Waals surface area contributed by atoms with E-state index >= 15 is 0 Å². The summed E-state index contributed by atoms with van der Waals surface area (Å²) in [5.74, 6) is 0.0231. The van der Waals surface area contributed by atoms with Crippen molar-refractivity contribution < 1.29 is 19.2 Å². The number of carbonyl (C=O) groups is 2. The van der Waals surface area contributed by atoms with Gasteiger partial charge in [0, 0.05) is 36.1 Å². The summed E-state index contributed by atoms with van der Waals surface area (Å²) < 4.78 is 5.33. The van der Waals surface area contributed by atoms with Crippen LogP contribution >= 0.6 is 11.6 Å². The number of nitro groups is 1. The van der Waals surface area contributed by atoms with E-state index in [1.54, 1.807) is 13.2 Å². The van der Waals surface area contributed by atoms with Crippen LogP contribution in [0.4, 0.5) is 11.4 Å². The minimum absolute atomic E-state index is 0.00767. The van der Waals surface area contributed by atoms with Crippen molar-refractivity contribution in [3.8, 4) is 5.75 Å². The lowest BCUT2D eigenvalue weighted by atomic mass is 9.69. The van der Waals surface area contributed by atoms with Crippen LogP contribution in [0.2, 0.25) is 5.02 Å². The molecule has 0 aromatic heterocycles. The number of rotatable bonds is 4. The van der Waals surface area contributed by atoms with E-state index in [9.17, 15) is 19.7 Å². The summed E-state index contributed by atoms with van der Waals surface area (Å²) in [6.07, 6.45) is 0.945. The van der Waals surface area contributed by atoms with Gasteiger partial charge >= 0.3 is 0 Å². The number of amides is 1. The van der Waals surface area contributed by atoms with Gasteiger partial charge in [-0.05, 0) is 41.7 Å². The SMILES string of the molecule is COc1cccc(C2CC(=O)N(c3ccc(Cl)c([N+](=O)[O-])c3)C3=C2C(=O)CC(C)(C)C3)c1. The van der Waals surface area contributed by atoms with E-state index in [1.807, 2.05) is 38.1 Å². The van der Waals surface area contributed by atoms with E-state index in [4.69, 9.17) is 16.3 Å². The average molecular weight is 455 g/mol. The number of nitro benzene ring substituents is 1. The first-order valence-electron chi connectivity index (χ1n) is 10.3. The molecule has 1 unspecified atom stereocenters. The van der Waals surface area contributed by atoms with E-state index < -0.39 is 10.8 Å². The molecule has 1 heterocycles. The molecule has 2 aliphatic rings. The molecule has 2 aromatic rings. The van der Waals surface area contributed by atoms with Crippen molar-refractivity contribution in [2.24, 2.45) is 5.41 Å². The van der Waals surface area contributed by atoms with E-state index in [2.05, 4.69) is 0 Å². The van der Waals surface area contributed by atoms with Gasteiger partial charge in [0.2, 0.25) is 5.91 Å². The van der Waals surface area contributed by atoms with E-state index in [1.165, 1.54) is 17.0 Å². The molecule has 7 nitrogen and oxygen atoms in total. The molecule has 32 heavy (non-hydrogen) atoms. The Bertz CT molecular complexity index is 1170. The molecule has 0 saturated carbocycles. The molecular weight excluding hydrogens is 432 g/mol. The van der Waals surface area contributed by atoms with E-state index in [0.717, 1.165) is 5.56 Å². The molecule has 0 bridgehead atoms. The summed E-state index contributed by atoms with van der Waals surface area (Å²) in [5.41, 5.74) is 1.74. The minimum Gasteiger partial charge on any atom is -0.497 e. The Hall–Kier alpha value is -3.19. The van der Waals surface area contributed by atoms with Gasteiger partial charge in [0.25, 0.3) is 5.69 Å². The molecule has 1 aliphatic heterocycles. The summed E-state index contributed by atoms with van der Waals surface area (Å²) >= 11 is 5.98.